The lowest BCUT2D eigenvalue weighted by atomic mass is 9.96. The van der Waals surface area contributed by atoms with Crippen LogP contribution in [0.1, 0.15) is 18.7 Å². The Bertz CT molecular complexity index is 1970. The average molecular weight is 674 g/mol. The smallest absolute Gasteiger partial charge is 0.246 e. The lowest BCUT2D eigenvalue weighted by Gasteiger charge is -2.33. The first-order valence-corrected chi connectivity index (χ1v) is 16.5. The van der Waals surface area contributed by atoms with Gasteiger partial charge in [-0.1, -0.05) is 18.7 Å². The number of benzene rings is 2. The molecule has 48 heavy (non-hydrogen) atoms. The zero-order chi connectivity index (χ0) is 33.9. The van der Waals surface area contributed by atoms with E-state index in [0.29, 0.717) is 48.1 Å². The SMILES string of the molecule is C=CC(=O)N1CCn2nc(-c3nc(-c4cccc(OCCN(C)C)c4)c4ccsc4c3-c3c(F)cc(F)cc3OCCOC)cc2C1C. The van der Waals surface area contributed by atoms with Gasteiger partial charge < -0.3 is 24.0 Å². The lowest BCUT2D eigenvalue weighted by molar-refractivity contribution is -0.129. The summed E-state index contributed by atoms with van der Waals surface area (Å²) < 4.78 is 50.4. The van der Waals surface area contributed by atoms with Crippen molar-refractivity contribution in [2.24, 2.45) is 0 Å². The summed E-state index contributed by atoms with van der Waals surface area (Å²) >= 11 is 1.42. The van der Waals surface area contributed by atoms with Crippen LogP contribution in [0.15, 0.2) is 66.6 Å². The van der Waals surface area contributed by atoms with Crippen molar-refractivity contribution in [1.29, 1.82) is 0 Å². The van der Waals surface area contributed by atoms with Crippen LogP contribution in [0.5, 0.6) is 11.5 Å². The number of rotatable bonds is 12. The Morgan fingerprint density at radius 1 is 1.06 bits per heavy atom. The van der Waals surface area contributed by atoms with Crippen LogP contribution in [0.2, 0.25) is 0 Å². The summed E-state index contributed by atoms with van der Waals surface area (Å²) in [5.74, 6) is -0.990. The van der Waals surface area contributed by atoms with E-state index in [9.17, 15) is 9.18 Å². The number of nitrogens with zero attached hydrogens (tertiary/aromatic N) is 5. The van der Waals surface area contributed by atoms with Gasteiger partial charge in [0, 0.05) is 53.5 Å². The Morgan fingerprint density at radius 3 is 2.67 bits per heavy atom. The second kappa shape index (κ2) is 14.2. The molecule has 0 saturated heterocycles. The highest BCUT2D eigenvalue weighted by Gasteiger charge is 2.31. The maximum absolute atomic E-state index is 16.1. The van der Waals surface area contributed by atoms with Gasteiger partial charge in [0.2, 0.25) is 5.91 Å². The fraction of sp³-hybridized carbons (Fsp3) is 0.306. The van der Waals surface area contributed by atoms with Crippen LogP contribution in [0.25, 0.3) is 43.9 Å². The predicted molar refractivity (Wildman–Crippen MR) is 183 cm³/mol. The van der Waals surface area contributed by atoms with Gasteiger partial charge in [-0.2, -0.15) is 5.10 Å². The quantitative estimate of drug-likeness (QED) is 0.106. The molecule has 3 aromatic heterocycles. The maximum atomic E-state index is 16.1. The summed E-state index contributed by atoms with van der Waals surface area (Å²) in [6.07, 6.45) is 1.31. The number of likely N-dealkylation sites (N-methyl/N-ethyl adjacent to an activating group) is 1. The number of hydrogen-bond acceptors (Lipinski definition) is 8. The number of carbonyl (C=O) groups is 1. The van der Waals surface area contributed by atoms with Crippen LogP contribution < -0.4 is 9.47 Å². The third-order valence-corrected chi connectivity index (χ3v) is 9.23. The number of halogens is 2. The van der Waals surface area contributed by atoms with Gasteiger partial charge in [-0.3, -0.25) is 9.48 Å². The number of methoxy groups -OCH3 is 1. The molecule has 1 atom stereocenters. The molecule has 6 rings (SSSR count). The molecule has 0 fully saturated rings. The molecule has 2 aromatic carbocycles. The normalized spacial score (nSPS) is 14.4. The van der Waals surface area contributed by atoms with Gasteiger partial charge in [-0.25, -0.2) is 13.8 Å². The summed E-state index contributed by atoms with van der Waals surface area (Å²) in [5.41, 5.74) is 3.68. The van der Waals surface area contributed by atoms with Crippen LogP contribution in [0.4, 0.5) is 8.78 Å². The zero-order valence-corrected chi connectivity index (χ0v) is 28.2. The van der Waals surface area contributed by atoms with Crippen molar-refractivity contribution in [1.82, 2.24) is 24.6 Å². The minimum atomic E-state index is -0.788. The highest BCUT2D eigenvalue weighted by molar-refractivity contribution is 7.18. The summed E-state index contributed by atoms with van der Waals surface area (Å²) in [7, 11) is 5.50. The van der Waals surface area contributed by atoms with Gasteiger partial charge in [0.1, 0.15) is 47.7 Å². The highest BCUT2D eigenvalue weighted by atomic mass is 32.1. The number of aromatic nitrogens is 3. The van der Waals surface area contributed by atoms with Crippen molar-refractivity contribution >= 4 is 27.3 Å². The minimum Gasteiger partial charge on any atom is -0.492 e. The van der Waals surface area contributed by atoms with Crippen molar-refractivity contribution in [3.05, 3.63) is 83.9 Å². The van der Waals surface area contributed by atoms with Crippen LogP contribution in [-0.4, -0.2) is 84.6 Å². The molecular weight excluding hydrogens is 636 g/mol. The largest absolute Gasteiger partial charge is 0.492 e. The summed E-state index contributed by atoms with van der Waals surface area (Å²) in [4.78, 5) is 21.6. The molecule has 1 unspecified atom stereocenters. The topological polar surface area (TPSA) is 82.0 Å². The van der Waals surface area contributed by atoms with Gasteiger partial charge >= 0.3 is 0 Å². The number of fused-ring (bicyclic) bond motifs is 2. The van der Waals surface area contributed by atoms with E-state index in [1.54, 1.807) is 4.90 Å². The molecule has 9 nitrogen and oxygen atoms in total. The molecule has 1 aliphatic heterocycles. The fourth-order valence-corrected chi connectivity index (χ4v) is 6.87. The summed E-state index contributed by atoms with van der Waals surface area (Å²) in [5, 5.41) is 7.65. The third kappa shape index (κ3) is 6.55. The fourth-order valence-electron chi connectivity index (χ4n) is 5.92. The molecule has 0 spiro atoms. The van der Waals surface area contributed by atoms with Crippen LogP contribution in [0, 0.1) is 11.6 Å². The van der Waals surface area contributed by atoms with Crippen molar-refractivity contribution < 1.29 is 27.8 Å². The van der Waals surface area contributed by atoms with Crippen LogP contribution in [-0.2, 0) is 16.1 Å². The first kappa shape index (κ1) is 33.3. The van der Waals surface area contributed by atoms with Crippen molar-refractivity contribution in [3.8, 4) is 45.3 Å². The lowest BCUT2D eigenvalue weighted by Crippen LogP contribution is -2.40. The van der Waals surface area contributed by atoms with Crippen molar-refractivity contribution in [3.63, 3.8) is 0 Å². The van der Waals surface area contributed by atoms with Gasteiger partial charge in [0.25, 0.3) is 0 Å². The predicted octanol–water partition coefficient (Wildman–Crippen LogP) is 6.83. The summed E-state index contributed by atoms with van der Waals surface area (Å²) in [6.45, 7) is 8.10. The van der Waals surface area contributed by atoms with E-state index in [-0.39, 0.29) is 36.5 Å². The molecule has 0 radical (unpaired) electrons. The van der Waals surface area contributed by atoms with E-state index < -0.39 is 11.6 Å². The Morgan fingerprint density at radius 2 is 1.90 bits per heavy atom. The molecular formula is C36H37F2N5O4S. The number of carbonyl (C=O) groups excluding carboxylic acids is 1. The van der Waals surface area contributed by atoms with E-state index in [1.165, 1.54) is 30.6 Å². The number of pyridine rings is 1. The molecule has 1 amide bonds. The molecule has 0 bridgehead atoms. The Hall–Kier alpha value is -4.65. The van der Waals surface area contributed by atoms with Gasteiger partial charge in [-0.05, 0) is 56.7 Å². The Labute approximate surface area is 282 Å². The molecule has 0 aliphatic carbocycles. The van der Waals surface area contributed by atoms with Gasteiger partial charge in [-0.15, -0.1) is 11.3 Å². The highest BCUT2D eigenvalue weighted by Crippen LogP contribution is 2.47. The zero-order valence-electron chi connectivity index (χ0n) is 27.3. The van der Waals surface area contributed by atoms with E-state index in [0.717, 1.165) is 34.0 Å². The van der Waals surface area contributed by atoms with E-state index in [1.807, 2.05) is 72.4 Å². The molecule has 4 heterocycles. The van der Waals surface area contributed by atoms with Crippen molar-refractivity contribution in [2.45, 2.75) is 19.5 Å². The second-order valence-corrected chi connectivity index (χ2v) is 12.6. The average Bonchev–Trinajstić information content (AvgIpc) is 3.73. The monoisotopic (exact) mass is 673 g/mol. The van der Waals surface area contributed by atoms with Crippen molar-refractivity contribution in [2.75, 3.05) is 54.1 Å². The molecule has 12 heteroatoms. The van der Waals surface area contributed by atoms with E-state index in [4.69, 9.17) is 24.3 Å². The number of amides is 1. The third-order valence-electron chi connectivity index (χ3n) is 8.30. The van der Waals surface area contributed by atoms with E-state index >= 15 is 4.39 Å². The molecule has 0 N–H and O–H groups in total. The molecule has 0 saturated carbocycles. The maximum Gasteiger partial charge on any atom is 0.246 e. The second-order valence-electron chi connectivity index (χ2n) is 11.7. The molecule has 5 aromatic rings. The standard InChI is InChI=1S/C36H37F2N5O4S/c1-6-31(44)42-11-12-43-29(22(42)2)21-28(40-43)35-33(32-27(38)19-24(37)20-30(32)47-16-15-45-5)36-26(10-17-48-36)34(39-35)23-8-7-9-25(18-23)46-14-13-41(3)4/h6-10,17-22H,1,11-16H2,2-5H3. The number of hydrogen-bond donors (Lipinski definition) is 0. The van der Waals surface area contributed by atoms with Crippen LogP contribution >= 0.6 is 11.3 Å². The molecule has 1 aliphatic rings. The number of ether oxygens (including phenoxy) is 3. The first-order chi connectivity index (χ1) is 23.2. The first-order valence-electron chi connectivity index (χ1n) is 15.6. The van der Waals surface area contributed by atoms with Crippen LogP contribution in [0.3, 0.4) is 0 Å². The Kier molecular flexibility index (Phi) is 9.86. The number of thiophene rings is 1. The Balaban J connectivity index is 1.58. The molecule has 250 valence electrons. The van der Waals surface area contributed by atoms with Gasteiger partial charge in [0.05, 0.1) is 36.1 Å². The minimum absolute atomic E-state index is 0.0337. The van der Waals surface area contributed by atoms with Gasteiger partial charge in [0.15, 0.2) is 0 Å². The van der Waals surface area contributed by atoms with E-state index in [2.05, 4.69) is 6.58 Å². The summed E-state index contributed by atoms with van der Waals surface area (Å²) in [6, 6.07) is 13.3.